The number of aromatic nitrogens is 5. The summed E-state index contributed by atoms with van der Waals surface area (Å²) in [5.41, 5.74) is 1.73. The molecule has 5 heterocycles. The van der Waals surface area contributed by atoms with Gasteiger partial charge in [0.25, 0.3) is 0 Å². The number of aryl methyl sites for hydroxylation is 1. The Balaban J connectivity index is 1.41. The van der Waals surface area contributed by atoms with Crippen LogP contribution in [0.5, 0.6) is 5.75 Å². The molecule has 0 aliphatic carbocycles. The normalized spacial score (nSPS) is 17.1. The highest BCUT2D eigenvalue weighted by molar-refractivity contribution is 5.72. The van der Waals surface area contributed by atoms with Crippen molar-refractivity contribution >= 4 is 17.2 Å². The summed E-state index contributed by atoms with van der Waals surface area (Å²) < 4.78 is 48.5. The molecule has 1 saturated heterocycles. The molecule has 0 radical (unpaired) electrons. The summed E-state index contributed by atoms with van der Waals surface area (Å²) >= 11 is 0. The Labute approximate surface area is 187 Å². The number of anilines is 2. The average Bonchev–Trinajstić information content (AvgIpc) is 3.45. The van der Waals surface area contributed by atoms with Gasteiger partial charge >= 0.3 is 6.18 Å². The van der Waals surface area contributed by atoms with E-state index in [1.165, 1.54) is 0 Å². The van der Waals surface area contributed by atoms with Crippen LogP contribution < -0.4 is 10.1 Å². The third-order valence-corrected chi connectivity index (χ3v) is 5.63. The summed E-state index contributed by atoms with van der Waals surface area (Å²) in [6, 6.07) is 7.46. The Morgan fingerprint density at radius 1 is 1.12 bits per heavy atom. The van der Waals surface area contributed by atoms with Crippen molar-refractivity contribution in [3.8, 4) is 17.0 Å². The van der Waals surface area contributed by atoms with Gasteiger partial charge in [-0.2, -0.15) is 23.4 Å². The molecule has 1 aliphatic heterocycles. The molecule has 0 bridgehead atoms. The van der Waals surface area contributed by atoms with Gasteiger partial charge in [0.15, 0.2) is 11.6 Å². The number of nitrogens with one attached hydrogen (secondary N) is 1. The predicted octanol–water partition coefficient (Wildman–Crippen LogP) is 3.98. The lowest BCUT2D eigenvalue weighted by Gasteiger charge is -2.14. The lowest BCUT2D eigenvalue weighted by atomic mass is 10.1. The minimum atomic E-state index is -4.44. The molecule has 4 aromatic rings. The zero-order chi connectivity index (χ0) is 23.2. The summed E-state index contributed by atoms with van der Waals surface area (Å²) in [6.45, 7) is 1.87. The molecule has 1 fully saturated rings. The number of fused-ring (bicyclic) bond motifs is 1. The highest BCUT2D eigenvalue weighted by atomic mass is 19.4. The maximum Gasteiger partial charge on any atom is 0.416 e. The van der Waals surface area contributed by atoms with Gasteiger partial charge in [-0.25, -0.2) is 9.50 Å². The molecule has 0 amide bonds. The van der Waals surface area contributed by atoms with Gasteiger partial charge in [-0.1, -0.05) is 0 Å². The largest absolute Gasteiger partial charge is 0.485 e. The summed E-state index contributed by atoms with van der Waals surface area (Å²) in [5, 5.41) is 11.6. The quantitative estimate of drug-likeness (QED) is 0.489. The lowest BCUT2D eigenvalue weighted by molar-refractivity contribution is -0.137. The van der Waals surface area contributed by atoms with Gasteiger partial charge in [0.1, 0.15) is 17.6 Å². The summed E-state index contributed by atoms with van der Waals surface area (Å²) in [7, 11) is 3.93. The molecule has 1 atom stereocenters. The number of halogens is 3. The number of nitrogens with zero attached hydrogens (tertiary/aromatic N) is 6. The molecule has 1 aliphatic rings. The fraction of sp³-hybridized carbons (Fsp3) is 0.318. The molecule has 0 aromatic carbocycles. The van der Waals surface area contributed by atoms with Gasteiger partial charge in [0, 0.05) is 44.2 Å². The van der Waals surface area contributed by atoms with Crippen LogP contribution >= 0.6 is 0 Å². The van der Waals surface area contributed by atoms with Gasteiger partial charge in [-0.15, -0.1) is 0 Å². The van der Waals surface area contributed by atoms with Crippen molar-refractivity contribution in [3.63, 3.8) is 0 Å². The zero-order valence-corrected chi connectivity index (χ0v) is 18.0. The predicted molar refractivity (Wildman–Crippen MR) is 116 cm³/mol. The highest BCUT2D eigenvalue weighted by Gasteiger charge is 2.30. The lowest BCUT2D eigenvalue weighted by Crippen LogP contribution is -2.21. The van der Waals surface area contributed by atoms with Crippen molar-refractivity contribution in [3.05, 3.63) is 54.5 Å². The van der Waals surface area contributed by atoms with Crippen molar-refractivity contribution in [2.24, 2.45) is 7.05 Å². The third kappa shape index (κ3) is 4.36. The first-order valence-corrected chi connectivity index (χ1v) is 10.4. The van der Waals surface area contributed by atoms with Crippen molar-refractivity contribution in [2.45, 2.75) is 18.7 Å². The van der Waals surface area contributed by atoms with Crippen LogP contribution in [0.15, 0.2) is 48.9 Å². The van der Waals surface area contributed by atoms with Gasteiger partial charge in [-0.05, 0) is 37.7 Å². The molecule has 8 nitrogen and oxygen atoms in total. The zero-order valence-electron chi connectivity index (χ0n) is 18.0. The summed E-state index contributed by atoms with van der Waals surface area (Å²) in [6.07, 6.45) is 1.27. The number of alkyl halides is 3. The van der Waals surface area contributed by atoms with Crippen LogP contribution in [0.3, 0.4) is 0 Å². The number of pyridine rings is 2. The van der Waals surface area contributed by atoms with E-state index in [1.807, 2.05) is 19.2 Å². The first kappa shape index (κ1) is 21.3. The Morgan fingerprint density at radius 2 is 1.97 bits per heavy atom. The SMILES string of the molecule is CN1CC[C@H](Oc2cnn(C)c2-c2ccn3nc(Nc4cc(C(F)(F)F)ccn4)cc3c2)C1. The maximum absolute atomic E-state index is 13.0. The van der Waals surface area contributed by atoms with Gasteiger partial charge in [-0.3, -0.25) is 4.68 Å². The molecular weight excluding hydrogens is 435 g/mol. The fourth-order valence-electron chi connectivity index (χ4n) is 4.01. The van der Waals surface area contributed by atoms with Crippen molar-refractivity contribution in [1.29, 1.82) is 0 Å². The second-order valence-electron chi connectivity index (χ2n) is 8.14. The number of hydrogen-bond donors (Lipinski definition) is 1. The van der Waals surface area contributed by atoms with E-state index in [-0.39, 0.29) is 11.9 Å². The molecular formula is C22H22F3N7O. The number of likely N-dealkylation sites (N-methyl/N-ethyl adjacent to an activating group) is 1. The standard InChI is InChI=1S/C22H22F3N7O/c1-30-7-5-17(13-30)33-18-12-27-31(2)21(18)14-4-8-32-16(9-14)11-20(29-32)28-19-10-15(3-6-26-19)22(23,24)25/h3-4,6,8-12,17H,5,7,13H2,1-2H3,(H,26,28,29)/t17-/m0/s1. The topological polar surface area (TPSA) is 72.5 Å². The number of ether oxygens (including phenoxy) is 1. The van der Waals surface area contributed by atoms with E-state index < -0.39 is 11.7 Å². The Kier molecular flexibility index (Phi) is 5.20. The van der Waals surface area contributed by atoms with Crippen LogP contribution in [-0.4, -0.2) is 55.5 Å². The summed E-state index contributed by atoms with van der Waals surface area (Å²) in [4.78, 5) is 6.19. The summed E-state index contributed by atoms with van der Waals surface area (Å²) in [5.74, 6) is 1.17. The molecule has 33 heavy (non-hydrogen) atoms. The van der Waals surface area contributed by atoms with E-state index in [4.69, 9.17) is 4.74 Å². The van der Waals surface area contributed by atoms with Crippen molar-refractivity contribution in [1.82, 2.24) is 29.3 Å². The van der Waals surface area contributed by atoms with Gasteiger partial charge < -0.3 is 15.0 Å². The first-order valence-electron chi connectivity index (χ1n) is 10.4. The molecule has 11 heteroatoms. The monoisotopic (exact) mass is 457 g/mol. The average molecular weight is 457 g/mol. The van der Waals surface area contributed by atoms with Crippen LogP contribution in [0.1, 0.15) is 12.0 Å². The number of rotatable bonds is 5. The van der Waals surface area contributed by atoms with Crippen LogP contribution in [0.2, 0.25) is 0 Å². The molecule has 0 unspecified atom stereocenters. The van der Waals surface area contributed by atoms with Crippen LogP contribution in [0.4, 0.5) is 24.8 Å². The van der Waals surface area contributed by atoms with Crippen molar-refractivity contribution < 1.29 is 17.9 Å². The van der Waals surface area contributed by atoms with Gasteiger partial charge in [0.2, 0.25) is 0 Å². The first-order chi connectivity index (χ1) is 15.8. The van der Waals surface area contributed by atoms with Gasteiger partial charge in [0.05, 0.1) is 17.3 Å². The molecule has 5 rings (SSSR count). The van der Waals surface area contributed by atoms with E-state index in [0.717, 1.165) is 54.6 Å². The smallest absolute Gasteiger partial charge is 0.416 e. The number of hydrogen-bond acceptors (Lipinski definition) is 6. The minimum absolute atomic E-state index is 0.0670. The maximum atomic E-state index is 13.0. The van der Waals surface area contributed by atoms with Crippen LogP contribution in [0.25, 0.3) is 16.8 Å². The molecule has 0 saturated carbocycles. The van der Waals surface area contributed by atoms with E-state index in [1.54, 1.807) is 27.7 Å². The Morgan fingerprint density at radius 3 is 2.73 bits per heavy atom. The fourth-order valence-corrected chi connectivity index (χ4v) is 4.01. The van der Waals surface area contributed by atoms with E-state index in [0.29, 0.717) is 11.6 Å². The molecule has 0 spiro atoms. The second-order valence-corrected chi connectivity index (χ2v) is 8.14. The Bertz CT molecular complexity index is 1300. The van der Waals surface area contributed by atoms with E-state index in [2.05, 4.69) is 32.4 Å². The van der Waals surface area contributed by atoms with Crippen LogP contribution in [0, 0.1) is 0 Å². The van der Waals surface area contributed by atoms with E-state index in [9.17, 15) is 13.2 Å². The van der Waals surface area contributed by atoms with Crippen LogP contribution in [-0.2, 0) is 13.2 Å². The highest BCUT2D eigenvalue weighted by Crippen LogP contribution is 2.33. The Hall–Kier alpha value is -3.60. The third-order valence-electron chi connectivity index (χ3n) is 5.63. The number of likely N-dealkylation sites (tertiary alicyclic amines) is 1. The minimum Gasteiger partial charge on any atom is -0.485 e. The molecule has 4 aromatic heterocycles. The second kappa shape index (κ2) is 8.07. The van der Waals surface area contributed by atoms with E-state index >= 15 is 0 Å². The van der Waals surface area contributed by atoms with Crippen molar-refractivity contribution in [2.75, 3.05) is 25.5 Å². The molecule has 1 N–H and O–H groups in total. The molecule has 172 valence electrons.